The summed E-state index contributed by atoms with van der Waals surface area (Å²) in [5, 5.41) is 12.9. The summed E-state index contributed by atoms with van der Waals surface area (Å²) in [7, 11) is 0. The molecule has 1 aliphatic heterocycles. The van der Waals surface area contributed by atoms with Crippen LogP contribution in [0, 0.1) is 0 Å². The predicted octanol–water partition coefficient (Wildman–Crippen LogP) is 2.03. The lowest BCUT2D eigenvalue weighted by Crippen LogP contribution is -2.56. The van der Waals surface area contributed by atoms with E-state index in [2.05, 4.69) is 5.32 Å². The van der Waals surface area contributed by atoms with Gasteiger partial charge in [0.1, 0.15) is 5.75 Å². The number of aryl methyl sites for hydroxylation is 1. The number of rotatable bonds is 0. The molecule has 1 spiro atoms. The fourth-order valence-electron chi connectivity index (χ4n) is 3.10. The van der Waals surface area contributed by atoms with Crippen molar-refractivity contribution in [1.82, 2.24) is 5.32 Å². The van der Waals surface area contributed by atoms with Gasteiger partial charge in [0.25, 0.3) is 0 Å². The van der Waals surface area contributed by atoms with E-state index in [0.29, 0.717) is 0 Å². The first kappa shape index (κ1) is 10.8. The van der Waals surface area contributed by atoms with Gasteiger partial charge in [-0.1, -0.05) is 0 Å². The summed E-state index contributed by atoms with van der Waals surface area (Å²) in [6.07, 6.45) is 4.99. The third-order valence-corrected chi connectivity index (χ3v) is 4.08. The molecule has 1 atom stereocenters. The lowest BCUT2D eigenvalue weighted by molar-refractivity contribution is 0.0782. The zero-order valence-electron chi connectivity index (χ0n) is 9.83. The zero-order chi connectivity index (χ0) is 11.9. The molecule has 17 heavy (non-hydrogen) atoms. The van der Waals surface area contributed by atoms with Gasteiger partial charge in [0.2, 0.25) is 0 Å². The van der Waals surface area contributed by atoms with Crippen molar-refractivity contribution < 1.29 is 9.90 Å². The van der Waals surface area contributed by atoms with Gasteiger partial charge in [0.05, 0.1) is 5.54 Å². The summed E-state index contributed by atoms with van der Waals surface area (Å²) in [5.41, 5.74) is 1.47. The molecule has 0 amide bonds. The Kier molecular flexibility index (Phi) is 2.44. The summed E-state index contributed by atoms with van der Waals surface area (Å²) in [6.45, 7) is 0.944. The third-order valence-electron chi connectivity index (χ3n) is 4.08. The normalized spacial score (nSPS) is 28.1. The molecule has 2 N–H and O–H groups in total. The van der Waals surface area contributed by atoms with Crippen LogP contribution in [-0.2, 0) is 6.42 Å². The number of benzene rings is 1. The van der Waals surface area contributed by atoms with Gasteiger partial charge in [0, 0.05) is 5.56 Å². The van der Waals surface area contributed by atoms with Crippen LogP contribution in [0.25, 0.3) is 0 Å². The van der Waals surface area contributed by atoms with Crippen molar-refractivity contribution in [2.45, 2.75) is 37.6 Å². The SMILES string of the molecule is O=C1c2ccc(O)cc2CCC12CCCCN2. The number of hydrogen-bond donors (Lipinski definition) is 2. The van der Waals surface area contributed by atoms with Gasteiger partial charge < -0.3 is 10.4 Å². The predicted molar refractivity (Wildman–Crippen MR) is 65.3 cm³/mol. The van der Waals surface area contributed by atoms with Crippen molar-refractivity contribution in [3.8, 4) is 5.75 Å². The smallest absolute Gasteiger partial charge is 0.183 e. The maximum absolute atomic E-state index is 12.6. The van der Waals surface area contributed by atoms with Gasteiger partial charge >= 0.3 is 0 Å². The second-order valence-corrected chi connectivity index (χ2v) is 5.14. The molecule has 1 aromatic carbocycles. The Morgan fingerprint density at radius 2 is 2.12 bits per heavy atom. The van der Waals surface area contributed by atoms with Crippen LogP contribution in [0.5, 0.6) is 5.75 Å². The van der Waals surface area contributed by atoms with Gasteiger partial charge in [-0.25, -0.2) is 0 Å². The number of ketones is 1. The van der Waals surface area contributed by atoms with Crippen molar-refractivity contribution in [3.05, 3.63) is 29.3 Å². The lowest BCUT2D eigenvalue weighted by Gasteiger charge is -2.40. The second kappa shape index (κ2) is 3.84. The molecule has 0 bridgehead atoms. The fourth-order valence-corrected chi connectivity index (χ4v) is 3.10. The van der Waals surface area contributed by atoms with Crippen LogP contribution in [0.1, 0.15) is 41.6 Å². The highest BCUT2D eigenvalue weighted by atomic mass is 16.3. The van der Waals surface area contributed by atoms with Crippen molar-refractivity contribution >= 4 is 5.78 Å². The Morgan fingerprint density at radius 3 is 2.88 bits per heavy atom. The van der Waals surface area contributed by atoms with Gasteiger partial charge in [0.15, 0.2) is 5.78 Å². The van der Waals surface area contributed by atoms with Crippen molar-refractivity contribution in [3.63, 3.8) is 0 Å². The van der Waals surface area contributed by atoms with E-state index >= 15 is 0 Å². The maximum Gasteiger partial charge on any atom is 0.183 e. The summed E-state index contributed by atoms with van der Waals surface area (Å²) in [6, 6.07) is 5.10. The van der Waals surface area contributed by atoms with E-state index in [1.54, 1.807) is 18.2 Å². The maximum atomic E-state index is 12.6. The lowest BCUT2D eigenvalue weighted by atomic mass is 9.72. The van der Waals surface area contributed by atoms with E-state index in [0.717, 1.165) is 49.8 Å². The first-order valence-corrected chi connectivity index (χ1v) is 6.33. The summed E-state index contributed by atoms with van der Waals surface area (Å²) in [4.78, 5) is 12.6. The van der Waals surface area contributed by atoms with Gasteiger partial charge in [-0.3, -0.25) is 4.79 Å². The first-order valence-electron chi connectivity index (χ1n) is 6.33. The number of phenols is 1. The fraction of sp³-hybridized carbons (Fsp3) is 0.500. The quantitative estimate of drug-likeness (QED) is 0.718. The summed E-state index contributed by atoms with van der Waals surface area (Å²) < 4.78 is 0. The molecule has 0 radical (unpaired) electrons. The molecule has 3 rings (SSSR count). The molecular formula is C14H17NO2. The molecule has 0 saturated carbocycles. The van der Waals surface area contributed by atoms with Crippen LogP contribution >= 0.6 is 0 Å². The minimum absolute atomic E-state index is 0.221. The number of phenolic OH excluding ortho intramolecular Hbond substituents is 1. The molecule has 90 valence electrons. The van der Waals surface area contributed by atoms with E-state index in [-0.39, 0.29) is 17.1 Å². The largest absolute Gasteiger partial charge is 0.508 e. The highest BCUT2D eigenvalue weighted by Crippen LogP contribution is 2.35. The first-order chi connectivity index (χ1) is 8.21. The number of aromatic hydroxyl groups is 1. The Morgan fingerprint density at radius 1 is 1.24 bits per heavy atom. The average molecular weight is 231 g/mol. The van der Waals surface area contributed by atoms with Gasteiger partial charge in [-0.05, 0) is 62.4 Å². The minimum atomic E-state index is -0.317. The molecule has 2 aliphatic rings. The van der Waals surface area contributed by atoms with E-state index in [1.165, 1.54) is 0 Å². The Bertz CT molecular complexity index is 461. The third kappa shape index (κ3) is 1.65. The van der Waals surface area contributed by atoms with E-state index in [1.807, 2.05) is 0 Å². The van der Waals surface area contributed by atoms with Crippen LogP contribution in [-0.4, -0.2) is 23.0 Å². The number of carbonyl (C=O) groups excluding carboxylic acids is 1. The van der Waals surface area contributed by atoms with Crippen LogP contribution in [0.2, 0.25) is 0 Å². The highest BCUT2D eigenvalue weighted by molar-refractivity contribution is 6.05. The molecule has 3 heteroatoms. The molecule has 1 saturated heterocycles. The van der Waals surface area contributed by atoms with Gasteiger partial charge in [-0.15, -0.1) is 0 Å². The van der Waals surface area contributed by atoms with Gasteiger partial charge in [-0.2, -0.15) is 0 Å². The van der Waals surface area contributed by atoms with E-state index < -0.39 is 0 Å². The van der Waals surface area contributed by atoms with Crippen LogP contribution < -0.4 is 5.32 Å². The standard InChI is InChI=1S/C14H17NO2/c16-11-3-4-12-10(9-11)5-7-14(13(12)17)6-1-2-8-15-14/h3-4,9,15-16H,1-2,5-8H2. The van der Waals surface area contributed by atoms with Crippen LogP contribution in [0.3, 0.4) is 0 Å². The molecule has 1 unspecified atom stereocenters. The number of carbonyl (C=O) groups is 1. The Hall–Kier alpha value is -1.35. The van der Waals surface area contributed by atoms with Crippen molar-refractivity contribution in [1.29, 1.82) is 0 Å². The van der Waals surface area contributed by atoms with Crippen LogP contribution in [0.15, 0.2) is 18.2 Å². The van der Waals surface area contributed by atoms with Crippen LogP contribution in [0.4, 0.5) is 0 Å². The number of hydrogen-bond acceptors (Lipinski definition) is 3. The second-order valence-electron chi connectivity index (χ2n) is 5.14. The number of Topliss-reactive ketones (excluding diaryl/α,β-unsaturated/α-hetero) is 1. The topological polar surface area (TPSA) is 49.3 Å². The molecular weight excluding hydrogens is 214 g/mol. The van der Waals surface area contributed by atoms with Crippen molar-refractivity contribution in [2.75, 3.05) is 6.54 Å². The molecule has 1 heterocycles. The summed E-state index contributed by atoms with van der Waals surface area (Å²) in [5.74, 6) is 0.475. The molecule has 0 aromatic heterocycles. The van der Waals surface area contributed by atoms with E-state index in [4.69, 9.17) is 0 Å². The number of nitrogens with one attached hydrogen (secondary N) is 1. The molecule has 3 nitrogen and oxygen atoms in total. The van der Waals surface area contributed by atoms with E-state index in [9.17, 15) is 9.90 Å². The van der Waals surface area contributed by atoms with Crippen molar-refractivity contribution in [2.24, 2.45) is 0 Å². The zero-order valence-corrected chi connectivity index (χ0v) is 9.83. The number of piperidine rings is 1. The molecule has 1 aliphatic carbocycles. The summed E-state index contributed by atoms with van der Waals surface area (Å²) >= 11 is 0. The monoisotopic (exact) mass is 231 g/mol. The Labute approximate surface area is 101 Å². The molecule has 1 aromatic rings. The minimum Gasteiger partial charge on any atom is -0.508 e. The average Bonchev–Trinajstić information content (AvgIpc) is 2.36. The highest BCUT2D eigenvalue weighted by Gasteiger charge is 2.42. The number of fused-ring (bicyclic) bond motifs is 1. The Balaban J connectivity index is 2.00. The molecule has 1 fully saturated rings.